The molecule has 0 aromatic heterocycles. The highest BCUT2D eigenvalue weighted by molar-refractivity contribution is 6.04. The molecule has 6 nitrogen and oxygen atoms in total. The number of anilines is 1. The number of carbonyl (C=O) groups is 1. The molecule has 2 aromatic carbocycles. The summed E-state index contributed by atoms with van der Waals surface area (Å²) in [7, 11) is 1.62. The summed E-state index contributed by atoms with van der Waals surface area (Å²) in [6.07, 6.45) is -4.65. The molecule has 32 heavy (non-hydrogen) atoms. The number of ether oxygens (including phenoxy) is 4. The van der Waals surface area contributed by atoms with Crippen molar-refractivity contribution >= 4 is 11.6 Å². The topological polar surface area (TPSA) is 57.2 Å². The summed E-state index contributed by atoms with van der Waals surface area (Å²) in [5.74, 6) is 0.262. The molecule has 0 fully saturated rings. The van der Waals surface area contributed by atoms with Crippen LogP contribution in [0.3, 0.4) is 0 Å². The van der Waals surface area contributed by atoms with Crippen molar-refractivity contribution in [3.8, 4) is 17.2 Å². The van der Waals surface area contributed by atoms with Crippen LogP contribution in [0.4, 0.5) is 18.9 Å². The molecule has 0 aliphatic carbocycles. The molecule has 2 aromatic rings. The number of benzene rings is 2. The predicted octanol–water partition coefficient (Wildman–Crippen LogP) is 5.17. The van der Waals surface area contributed by atoms with Gasteiger partial charge in [0.25, 0.3) is 0 Å². The molecule has 0 radical (unpaired) electrons. The van der Waals surface area contributed by atoms with Crippen LogP contribution in [0.2, 0.25) is 0 Å². The highest BCUT2D eigenvalue weighted by Gasteiger charge is 2.37. The van der Waals surface area contributed by atoms with Crippen LogP contribution in [0.1, 0.15) is 18.4 Å². The van der Waals surface area contributed by atoms with E-state index in [4.69, 9.17) is 14.2 Å². The van der Waals surface area contributed by atoms with Gasteiger partial charge in [-0.15, -0.1) is 0 Å². The second-order valence-corrected chi connectivity index (χ2v) is 6.99. The first kappa shape index (κ1) is 23.1. The fourth-order valence-electron chi connectivity index (χ4n) is 3.19. The van der Waals surface area contributed by atoms with E-state index in [0.29, 0.717) is 12.5 Å². The first-order chi connectivity index (χ1) is 15.1. The molecular weight excluding hydrogens is 427 g/mol. The van der Waals surface area contributed by atoms with Crippen LogP contribution in [0, 0.1) is 0 Å². The van der Waals surface area contributed by atoms with E-state index < -0.39 is 11.9 Å². The van der Waals surface area contributed by atoms with Crippen LogP contribution < -0.4 is 19.1 Å². The first-order valence-corrected chi connectivity index (χ1v) is 9.57. The molecule has 2 aliphatic rings. The number of para-hydroxylation sites is 1. The third-order valence-corrected chi connectivity index (χ3v) is 4.83. The van der Waals surface area contributed by atoms with Gasteiger partial charge in [0.2, 0.25) is 18.5 Å². The largest absolute Gasteiger partial charge is 0.497 e. The van der Waals surface area contributed by atoms with Gasteiger partial charge in [0.05, 0.1) is 19.6 Å². The highest BCUT2D eigenvalue weighted by atomic mass is 19.4. The average molecular weight is 449 g/mol. The van der Waals surface area contributed by atoms with Gasteiger partial charge in [0.15, 0.2) is 11.5 Å². The van der Waals surface area contributed by atoms with E-state index in [-0.39, 0.29) is 24.1 Å². The van der Waals surface area contributed by atoms with Crippen LogP contribution in [-0.2, 0) is 9.53 Å². The maximum atomic E-state index is 12.4. The van der Waals surface area contributed by atoms with Crippen LogP contribution in [0.25, 0.3) is 0 Å². The summed E-state index contributed by atoms with van der Waals surface area (Å²) < 4.78 is 56.9. The highest BCUT2D eigenvalue weighted by Crippen LogP contribution is 2.37. The zero-order valence-corrected chi connectivity index (χ0v) is 17.6. The Labute approximate surface area is 183 Å². The minimum atomic E-state index is -4.65. The Morgan fingerprint density at radius 1 is 1.16 bits per heavy atom. The number of hydrogen-bond acceptors (Lipinski definition) is 5. The zero-order valence-electron chi connectivity index (χ0n) is 17.6. The molecule has 0 bridgehead atoms. The Morgan fingerprint density at radius 3 is 2.53 bits per heavy atom. The number of carbonyl (C=O) groups excluding carboxylic acids is 1. The quantitative estimate of drug-likeness (QED) is 0.590. The van der Waals surface area contributed by atoms with Crippen molar-refractivity contribution in [1.82, 2.24) is 0 Å². The van der Waals surface area contributed by atoms with E-state index in [1.165, 1.54) is 4.90 Å². The van der Waals surface area contributed by atoms with E-state index in [0.717, 1.165) is 22.8 Å². The number of alkyl halides is 3. The SMILES string of the molecule is C=C(CN1C(=O)C(C)c2ccccc21)OC(=C)C(F)(F)F.COc1ccc2c(c1)OCO2. The Morgan fingerprint density at radius 2 is 1.84 bits per heavy atom. The Bertz CT molecular complexity index is 1030. The summed E-state index contributed by atoms with van der Waals surface area (Å²) >= 11 is 0. The molecule has 1 unspecified atom stereocenters. The van der Waals surface area contributed by atoms with Gasteiger partial charge in [-0.25, -0.2) is 0 Å². The maximum Gasteiger partial charge on any atom is 0.448 e. The molecule has 9 heteroatoms. The fourth-order valence-corrected chi connectivity index (χ4v) is 3.19. The van der Waals surface area contributed by atoms with Crippen molar-refractivity contribution < 1.29 is 36.9 Å². The third kappa shape index (κ3) is 4.99. The van der Waals surface area contributed by atoms with Gasteiger partial charge in [-0.2, -0.15) is 13.2 Å². The van der Waals surface area contributed by atoms with Gasteiger partial charge in [0, 0.05) is 11.8 Å². The summed E-state index contributed by atoms with van der Waals surface area (Å²) in [6, 6.07) is 12.6. The predicted molar refractivity (Wildman–Crippen MR) is 112 cm³/mol. The summed E-state index contributed by atoms with van der Waals surface area (Å²) in [4.78, 5) is 13.5. The van der Waals surface area contributed by atoms with Gasteiger partial charge in [0.1, 0.15) is 11.5 Å². The Kier molecular flexibility index (Phi) is 6.67. The molecule has 0 spiro atoms. The number of rotatable bonds is 5. The van der Waals surface area contributed by atoms with Crippen molar-refractivity contribution in [3.63, 3.8) is 0 Å². The lowest BCUT2D eigenvalue weighted by atomic mass is 10.0. The second-order valence-electron chi connectivity index (χ2n) is 6.99. The smallest absolute Gasteiger partial charge is 0.448 e. The molecule has 1 amide bonds. The third-order valence-electron chi connectivity index (χ3n) is 4.83. The van der Waals surface area contributed by atoms with Gasteiger partial charge in [-0.1, -0.05) is 31.4 Å². The van der Waals surface area contributed by atoms with Crippen molar-refractivity contribution in [3.05, 3.63) is 72.7 Å². The number of halogens is 3. The minimum absolute atomic E-state index is 0.144. The van der Waals surface area contributed by atoms with Crippen LogP contribution in [-0.4, -0.2) is 32.5 Å². The van der Waals surface area contributed by atoms with Crippen molar-refractivity contribution in [2.24, 2.45) is 0 Å². The maximum absolute atomic E-state index is 12.4. The van der Waals surface area contributed by atoms with E-state index in [1.54, 1.807) is 26.2 Å². The van der Waals surface area contributed by atoms with Crippen molar-refractivity contribution in [2.45, 2.75) is 19.0 Å². The monoisotopic (exact) mass is 449 g/mol. The standard InChI is InChI=1S/C15H14F3NO2.C8H8O3/c1-9(21-11(3)15(16,17)18)8-19-13-7-5-4-6-12(13)10(2)14(19)20;1-9-6-2-3-7-8(4-6)11-5-10-7/h4-7,10H,1,3,8H2,2H3;2-4H,5H2,1H3. The molecule has 2 aliphatic heterocycles. The first-order valence-electron chi connectivity index (χ1n) is 9.57. The fraction of sp³-hybridized carbons (Fsp3) is 0.261. The molecule has 0 saturated carbocycles. The number of hydrogen-bond donors (Lipinski definition) is 0. The van der Waals surface area contributed by atoms with Crippen LogP contribution >= 0.6 is 0 Å². The van der Waals surface area contributed by atoms with E-state index in [2.05, 4.69) is 17.9 Å². The van der Waals surface area contributed by atoms with Gasteiger partial charge < -0.3 is 23.8 Å². The van der Waals surface area contributed by atoms with E-state index >= 15 is 0 Å². The minimum Gasteiger partial charge on any atom is -0.497 e. The van der Waals surface area contributed by atoms with Crippen LogP contribution in [0.15, 0.2) is 67.1 Å². The van der Waals surface area contributed by atoms with Gasteiger partial charge >= 0.3 is 6.18 Å². The number of nitrogens with zero attached hydrogens (tertiary/aromatic N) is 1. The van der Waals surface area contributed by atoms with Gasteiger partial charge in [-0.3, -0.25) is 4.79 Å². The molecular formula is C23H22F3NO5. The normalized spacial score (nSPS) is 16.1. The summed E-state index contributed by atoms with van der Waals surface area (Å²) in [5.41, 5.74) is 1.50. The molecule has 4 rings (SSSR count). The second kappa shape index (κ2) is 9.25. The van der Waals surface area contributed by atoms with Crippen molar-refractivity contribution in [2.75, 3.05) is 25.3 Å². The lowest BCUT2D eigenvalue weighted by Crippen LogP contribution is -2.31. The molecule has 1 atom stereocenters. The van der Waals surface area contributed by atoms with E-state index in [1.807, 2.05) is 30.3 Å². The zero-order chi connectivity index (χ0) is 23.5. The molecule has 2 heterocycles. The Hall–Kier alpha value is -3.62. The number of allylic oxidation sites excluding steroid dienone is 1. The molecule has 0 saturated heterocycles. The summed E-state index contributed by atoms with van der Waals surface area (Å²) in [6.45, 7) is 8.15. The molecule has 0 N–H and O–H groups in total. The van der Waals surface area contributed by atoms with Crippen LogP contribution in [0.5, 0.6) is 17.2 Å². The summed E-state index contributed by atoms with van der Waals surface area (Å²) in [5, 5.41) is 0. The van der Waals surface area contributed by atoms with E-state index in [9.17, 15) is 18.0 Å². The van der Waals surface area contributed by atoms with Crippen molar-refractivity contribution in [1.29, 1.82) is 0 Å². The average Bonchev–Trinajstić information content (AvgIpc) is 3.32. The molecule has 170 valence electrons. The lowest BCUT2D eigenvalue weighted by molar-refractivity contribution is -0.123. The number of methoxy groups -OCH3 is 1. The van der Waals surface area contributed by atoms with Gasteiger partial charge in [-0.05, 0) is 30.7 Å². The Balaban J connectivity index is 0.000000219. The number of fused-ring (bicyclic) bond motifs is 2. The number of amides is 1. The lowest BCUT2D eigenvalue weighted by Gasteiger charge is -2.20.